The van der Waals surface area contributed by atoms with Crippen molar-refractivity contribution >= 4 is 16.5 Å². The maximum absolute atomic E-state index is 3.82. The van der Waals surface area contributed by atoms with Crippen LogP contribution in [0, 0.1) is 6.92 Å². The third kappa shape index (κ3) is 3.03. The molecule has 2 rings (SSSR count). The molecule has 2 aromatic rings. The summed E-state index contributed by atoms with van der Waals surface area (Å²) >= 11 is 0. The molecule has 1 nitrogen and oxygen atoms in total. The Hall–Kier alpha value is -0.396. The van der Waals surface area contributed by atoms with Gasteiger partial charge >= 0.3 is 0 Å². The van der Waals surface area contributed by atoms with Gasteiger partial charge in [0.05, 0.1) is 0 Å². The Labute approximate surface area is 116 Å². The van der Waals surface area contributed by atoms with Crippen LogP contribution in [0.5, 0.6) is 0 Å². The average molecular weight is 273 g/mol. The van der Waals surface area contributed by atoms with E-state index < -0.39 is 0 Å². The molecule has 2 heteroatoms. The van der Waals surface area contributed by atoms with Gasteiger partial charge in [0.15, 0.2) is 0 Å². The van der Waals surface area contributed by atoms with Crippen molar-refractivity contribution < 1.29 is 32.7 Å². The zero-order chi connectivity index (χ0) is 9.80. The SMILES string of the molecule is [CH2-]CCNc1cccc2ccccc12.[Y]. The molecule has 0 aliphatic rings. The van der Waals surface area contributed by atoms with Crippen LogP contribution in [0.1, 0.15) is 6.42 Å². The quantitative estimate of drug-likeness (QED) is 0.844. The summed E-state index contributed by atoms with van der Waals surface area (Å²) in [4.78, 5) is 0. The zero-order valence-electron chi connectivity index (χ0n) is 8.74. The van der Waals surface area contributed by atoms with Gasteiger partial charge in [-0.2, -0.15) is 6.42 Å². The van der Waals surface area contributed by atoms with E-state index in [4.69, 9.17) is 0 Å². The van der Waals surface area contributed by atoms with Gasteiger partial charge in [-0.05, 0) is 18.0 Å². The Morgan fingerprint density at radius 1 is 1.00 bits per heavy atom. The summed E-state index contributed by atoms with van der Waals surface area (Å²) in [5, 5.41) is 5.94. The van der Waals surface area contributed by atoms with Crippen molar-refractivity contribution in [2.45, 2.75) is 6.42 Å². The van der Waals surface area contributed by atoms with Gasteiger partial charge in [0, 0.05) is 43.8 Å². The van der Waals surface area contributed by atoms with E-state index in [0.717, 1.165) is 13.0 Å². The van der Waals surface area contributed by atoms with Crippen molar-refractivity contribution in [2.24, 2.45) is 0 Å². The Balaban J connectivity index is 0.00000112. The molecule has 0 spiro atoms. The molecule has 0 saturated heterocycles. The summed E-state index contributed by atoms with van der Waals surface area (Å²) in [6.07, 6.45) is 0.906. The number of rotatable bonds is 3. The van der Waals surface area contributed by atoms with Crippen molar-refractivity contribution in [3.8, 4) is 0 Å². The topological polar surface area (TPSA) is 12.0 Å². The van der Waals surface area contributed by atoms with Gasteiger partial charge in [-0.15, -0.1) is 0 Å². The van der Waals surface area contributed by atoms with E-state index in [9.17, 15) is 0 Å². The zero-order valence-corrected chi connectivity index (χ0v) is 11.6. The predicted octanol–water partition coefficient (Wildman–Crippen LogP) is 3.47. The predicted molar refractivity (Wildman–Crippen MR) is 62.4 cm³/mol. The summed E-state index contributed by atoms with van der Waals surface area (Å²) in [6.45, 7) is 4.74. The fourth-order valence-electron chi connectivity index (χ4n) is 1.60. The second-order valence-corrected chi connectivity index (χ2v) is 3.31. The molecule has 0 fully saturated rings. The number of fused-ring (bicyclic) bond motifs is 1. The fraction of sp³-hybridized carbons (Fsp3) is 0.154. The monoisotopic (exact) mass is 273 g/mol. The van der Waals surface area contributed by atoms with E-state index in [-0.39, 0.29) is 32.7 Å². The molecular weight excluding hydrogens is 259 g/mol. The molecule has 1 radical (unpaired) electrons. The number of benzene rings is 2. The third-order valence-corrected chi connectivity index (χ3v) is 2.28. The Kier molecular flexibility index (Phi) is 5.28. The van der Waals surface area contributed by atoms with Crippen LogP contribution >= 0.6 is 0 Å². The van der Waals surface area contributed by atoms with Gasteiger partial charge in [0.1, 0.15) is 0 Å². The smallest absolute Gasteiger partial charge is 0.0418 e. The van der Waals surface area contributed by atoms with Gasteiger partial charge in [-0.3, -0.25) is 0 Å². The average Bonchev–Trinajstić information content (AvgIpc) is 2.26. The van der Waals surface area contributed by atoms with Gasteiger partial charge in [-0.1, -0.05) is 36.4 Å². The molecule has 0 amide bonds. The van der Waals surface area contributed by atoms with Gasteiger partial charge in [-0.25, -0.2) is 0 Å². The molecule has 0 bridgehead atoms. The van der Waals surface area contributed by atoms with Gasteiger partial charge in [0.2, 0.25) is 0 Å². The number of hydrogen-bond acceptors (Lipinski definition) is 1. The first kappa shape index (κ1) is 12.7. The largest absolute Gasteiger partial charge is 0.387 e. The maximum atomic E-state index is 3.82. The first-order valence-corrected chi connectivity index (χ1v) is 4.92. The molecule has 0 atom stereocenters. The Morgan fingerprint density at radius 3 is 2.53 bits per heavy atom. The summed E-state index contributed by atoms with van der Waals surface area (Å²) in [5.74, 6) is 0. The second kappa shape index (κ2) is 6.24. The van der Waals surface area contributed by atoms with Gasteiger partial charge in [0.25, 0.3) is 0 Å². The Morgan fingerprint density at radius 2 is 1.73 bits per heavy atom. The number of anilines is 1. The standard InChI is InChI=1S/C13H14N.Y/c1-2-10-14-13-9-5-7-11-6-3-4-8-12(11)13;/h3-9,14H,1-2,10H2;/q-1;. The van der Waals surface area contributed by atoms with Crippen molar-refractivity contribution in [1.29, 1.82) is 0 Å². The molecular formula is C13H14NY-. The molecule has 15 heavy (non-hydrogen) atoms. The third-order valence-electron chi connectivity index (χ3n) is 2.28. The summed E-state index contributed by atoms with van der Waals surface area (Å²) < 4.78 is 0. The normalized spacial score (nSPS) is 9.67. The van der Waals surface area contributed by atoms with Crippen LogP contribution in [0.15, 0.2) is 42.5 Å². The molecule has 75 valence electrons. The molecule has 0 aromatic heterocycles. The Bertz CT molecular complexity index is 420. The minimum atomic E-state index is 0. The number of nitrogens with one attached hydrogen (secondary N) is 1. The van der Waals surface area contributed by atoms with Crippen molar-refractivity contribution in [3.63, 3.8) is 0 Å². The van der Waals surface area contributed by atoms with E-state index >= 15 is 0 Å². The van der Waals surface area contributed by atoms with Crippen LogP contribution in [0.2, 0.25) is 0 Å². The van der Waals surface area contributed by atoms with Crippen molar-refractivity contribution in [2.75, 3.05) is 11.9 Å². The molecule has 0 aliphatic heterocycles. The fourth-order valence-corrected chi connectivity index (χ4v) is 1.60. The molecule has 0 aliphatic carbocycles. The minimum Gasteiger partial charge on any atom is -0.387 e. The van der Waals surface area contributed by atoms with Crippen LogP contribution in [0.3, 0.4) is 0 Å². The molecule has 0 heterocycles. The van der Waals surface area contributed by atoms with E-state index in [0.29, 0.717) is 0 Å². The first-order valence-electron chi connectivity index (χ1n) is 4.92. The number of hydrogen-bond donors (Lipinski definition) is 1. The van der Waals surface area contributed by atoms with Crippen molar-refractivity contribution in [1.82, 2.24) is 0 Å². The van der Waals surface area contributed by atoms with E-state index in [2.05, 4.69) is 54.7 Å². The van der Waals surface area contributed by atoms with Crippen LogP contribution in [-0.2, 0) is 32.7 Å². The minimum absolute atomic E-state index is 0. The van der Waals surface area contributed by atoms with E-state index in [1.165, 1.54) is 16.5 Å². The van der Waals surface area contributed by atoms with E-state index in [1.54, 1.807) is 0 Å². The van der Waals surface area contributed by atoms with Crippen LogP contribution in [0.25, 0.3) is 10.8 Å². The van der Waals surface area contributed by atoms with E-state index in [1.807, 2.05) is 0 Å². The van der Waals surface area contributed by atoms with Crippen LogP contribution < -0.4 is 5.32 Å². The second-order valence-electron chi connectivity index (χ2n) is 3.31. The van der Waals surface area contributed by atoms with Gasteiger partial charge < -0.3 is 12.2 Å². The first-order chi connectivity index (χ1) is 6.92. The summed E-state index contributed by atoms with van der Waals surface area (Å²) in [6, 6.07) is 14.7. The summed E-state index contributed by atoms with van der Waals surface area (Å²) in [7, 11) is 0. The summed E-state index contributed by atoms with van der Waals surface area (Å²) in [5.41, 5.74) is 1.20. The maximum Gasteiger partial charge on any atom is 0.0418 e. The molecule has 2 aromatic carbocycles. The van der Waals surface area contributed by atoms with Crippen molar-refractivity contribution in [3.05, 3.63) is 49.4 Å². The van der Waals surface area contributed by atoms with Crippen LogP contribution in [-0.4, -0.2) is 6.54 Å². The molecule has 1 N–H and O–H groups in total. The molecule has 0 saturated carbocycles. The molecule has 0 unspecified atom stereocenters. The van der Waals surface area contributed by atoms with Crippen LogP contribution in [0.4, 0.5) is 5.69 Å².